The molecule has 1 aromatic carbocycles. The fraction of sp³-hybridized carbons (Fsp3) is 0.267. The van der Waals surface area contributed by atoms with Gasteiger partial charge >= 0.3 is 0 Å². The van der Waals surface area contributed by atoms with Crippen molar-refractivity contribution in [3.8, 4) is 0 Å². The Balaban J connectivity index is 1.98. The van der Waals surface area contributed by atoms with Crippen LogP contribution in [-0.4, -0.2) is 31.5 Å². The van der Waals surface area contributed by atoms with E-state index < -0.39 is 0 Å². The van der Waals surface area contributed by atoms with Crippen LogP contribution in [-0.2, 0) is 0 Å². The SMILES string of the molecule is Cc1ccc2nc(C)cc(C(=O)N[C@@H](C)c3nn[nH]n3)c2c1. The highest BCUT2D eigenvalue weighted by atomic mass is 16.1. The normalized spacial score (nSPS) is 12.3. The number of rotatable bonds is 3. The van der Waals surface area contributed by atoms with E-state index in [2.05, 4.69) is 30.9 Å². The molecule has 22 heavy (non-hydrogen) atoms. The highest BCUT2D eigenvalue weighted by Crippen LogP contribution is 2.20. The molecule has 0 radical (unpaired) electrons. The van der Waals surface area contributed by atoms with Crippen molar-refractivity contribution in [2.24, 2.45) is 0 Å². The highest BCUT2D eigenvalue weighted by molar-refractivity contribution is 6.06. The summed E-state index contributed by atoms with van der Waals surface area (Å²) in [7, 11) is 0. The van der Waals surface area contributed by atoms with E-state index in [-0.39, 0.29) is 11.9 Å². The number of carbonyl (C=O) groups is 1. The molecule has 0 spiro atoms. The van der Waals surface area contributed by atoms with E-state index in [4.69, 9.17) is 0 Å². The summed E-state index contributed by atoms with van der Waals surface area (Å²) >= 11 is 0. The number of hydrogen-bond acceptors (Lipinski definition) is 5. The second-order valence-corrected chi connectivity index (χ2v) is 5.30. The zero-order valence-corrected chi connectivity index (χ0v) is 12.6. The Bertz CT molecular complexity index is 827. The number of hydrogen-bond donors (Lipinski definition) is 2. The summed E-state index contributed by atoms with van der Waals surface area (Å²) in [5.74, 6) is 0.262. The third kappa shape index (κ3) is 2.65. The van der Waals surface area contributed by atoms with Crippen molar-refractivity contribution in [1.82, 2.24) is 30.9 Å². The van der Waals surface area contributed by atoms with E-state index in [1.54, 1.807) is 6.07 Å². The van der Waals surface area contributed by atoms with Gasteiger partial charge in [0, 0.05) is 11.1 Å². The molecule has 0 bridgehead atoms. The molecule has 0 saturated heterocycles. The molecule has 7 heteroatoms. The maximum absolute atomic E-state index is 12.6. The average molecular weight is 296 g/mol. The monoisotopic (exact) mass is 296 g/mol. The molecule has 3 rings (SSSR count). The first kappa shape index (κ1) is 14.1. The zero-order valence-electron chi connectivity index (χ0n) is 12.6. The van der Waals surface area contributed by atoms with Crippen LogP contribution in [0.5, 0.6) is 0 Å². The van der Waals surface area contributed by atoms with E-state index in [0.717, 1.165) is 22.2 Å². The van der Waals surface area contributed by atoms with E-state index in [1.165, 1.54) is 0 Å². The summed E-state index contributed by atoms with van der Waals surface area (Å²) in [6, 6.07) is 7.34. The number of tetrazole rings is 1. The molecule has 2 N–H and O–H groups in total. The molecule has 1 amide bonds. The van der Waals surface area contributed by atoms with Crippen molar-refractivity contribution >= 4 is 16.8 Å². The molecular formula is C15H16N6O. The number of aromatic nitrogens is 5. The number of pyridine rings is 1. The van der Waals surface area contributed by atoms with Gasteiger partial charge in [-0.05, 0) is 39.0 Å². The van der Waals surface area contributed by atoms with Crippen LogP contribution in [0.2, 0.25) is 0 Å². The predicted molar refractivity (Wildman–Crippen MR) is 81.3 cm³/mol. The lowest BCUT2D eigenvalue weighted by molar-refractivity contribution is 0.0940. The Kier molecular flexibility index (Phi) is 3.54. The summed E-state index contributed by atoms with van der Waals surface area (Å²) in [6.45, 7) is 5.67. The summed E-state index contributed by atoms with van der Waals surface area (Å²) in [6.07, 6.45) is 0. The Morgan fingerprint density at radius 2 is 2.09 bits per heavy atom. The maximum Gasteiger partial charge on any atom is 0.252 e. The van der Waals surface area contributed by atoms with Crippen LogP contribution in [0.15, 0.2) is 24.3 Å². The lowest BCUT2D eigenvalue weighted by Crippen LogP contribution is -2.27. The Morgan fingerprint density at radius 3 is 2.82 bits per heavy atom. The first-order valence-corrected chi connectivity index (χ1v) is 6.97. The molecule has 0 aliphatic heterocycles. The molecular weight excluding hydrogens is 280 g/mol. The third-order valence-corrected chi connectivity index (χ3v) is 3.43. The van der Waals surface area contributed by atoms with Gasteiger partial charge < -0.3 is 5.32 Å². The molecule has 112 valence electrons. The number of aromatic amines is 1. The standard InChI is InChI=1S/C15H16N6O/c1-8-4-5-13-11(6-8)12(7-9(2)16-13)15(22)17-10(3)14-18-20-21-19-14/h4-7,10H,1-3H3,(H,17,22)(H,18,19,20,21)/t10-/m0/s1. The quantitative estimate of drug-likeness (QED) is 0.769. The fourth-order valence-corrected chi connectivity index (χ4v) is 2.35. The van der Waals surface area contributed by atoms with Gasteiger partial charge in [0.15, 0.2) is 5.82 Å². The second-order valence-electron chi connectivity index (χ2n) is 5.30. The van der Waals surface area contributed by atoms with Gasteiger partial charge in [-0.1, -0.05) is 16.8 Å². The topological polar surface area (TPSA) is 96.5 Å². The van der Waals surface area contributed by atoms with Crippen LogP contribution in [0, 0.1) is 13.8 Å². The lowest BCUT2D eigenvalue weighted by atomic mass is 10.0. The minimum absolute atomic E-state index is 0.182. The smallest absolute Gasteiger partial charge is 0.252 e. The number of fused-ring (bicyclic) bond motifs is 1. The Hall–Kier alpha value is -2.83. The minimum atomic E-state index is -0.334. The van der Waals surface area contributed by atoms with Crippen molar-refractivity contribution in [2.45, 2.75) is 26.8 Å². The van der Waals surface area contributed by atoms with Crippen LogP contribution >= 0.6 is 0 Å². The minimum Gasteiger partial charge on any atom is -0.342 e. The van der Waals surface area contributed by atoms with Gasteiger partial charge in [0.05, 0.1) is 17.1 Å². The molecule has 2 aromatic heterocycles. The van der Waals surface area contributed by atoms with Crippen molar-refractivity contribution in [3.05, 3.63) is 46.9 Å². The second kappa shape index (κ2) is 5.51. The third-order valence-electron chi connectivity index (χ3n) is 3.43. The van der Waals surface area contributed by atoms with Gasteiger partial charge in [-0.15, -0.1) is 10.2 Å². The summed E-state index contributed by atoms with van der Waals surface area (Å²) in [5, 5.41) is 17.4. The maximum atomic E-state index is 12.6. The molecule has 2 heterocycles. The molecule has 0 aliphatic carbocycles. The van der Waals surface area contributed by atoms with Crippen LogP contribution in [0.25, 0.3) is 10.9 Å². The summed E-state index contributed by atoms with van der Waals surface area (Å²) in [4.78, 5) is 17.1. The molecule has 0 unspecified atom stereocenters. The summed E-state index contributed by atoms with van der Waals surface area (Å²) < 4.78 is 0. The lowest BCUT2D eigenvalue weighted by Gasteiger charge is -2.12. The first-order chi connectivity index (χ1) is 10.5. The van der Waals surface area contributed by atoms with Gasteiger partial charge in [-0.3, -0.25) is 9.78 Å². The van der Waals surface area contributed by atoms with Crippen molar-refractivity contribution in [3.63, 3.8) is 0 Å². The molecule has 3 aromatic rings. The number of H-pyrrole nitrogens is 1. The van der Waals surface area contributed by atoms with Crippen molar-refractivity contribution < 1.29 is 4.79 Å². The largest absolute Gasteiger partial charge is 0.342 e. The number of benzene rings is 1. The first-order valence-electron chi connectivity index (χ1n) is 6.97. The molecule has 0 fully saturated rings. The number of amides is 1. The van der Waals surface area contributed by atoms with Gasteiger partial charge in [0.25, 0.3) is 5.91 Å². The van der Waals surface area contributed by atoms with Crippen LogP contribution < -0.4 is 5.32 Å². The average Bonchev–Trinajstić information content (AvgIpc) is 3.01. The Morgan fingerprint density at radius 1 is 1.27 bits per heavy atom. The van der Waals surface area contributed by atoms with E-state index in [9.17, 15) is 4.79 Å². The van der Waals surface area contributed by atoms with Crippen LogP contribution in [0.4, 0.5) is 0 Å². The predicted octanol–water partition coefficient (Wildman–Crippen LogP) is 1.86. The van der Waals surface area contributed by atoms with Crippen LogP contribution in [0.3, 0.4) is 0 Å². The highest BCUT2D eigenvalue weighted by Gasteiger charge is 2.17. The fourth-order valence-electron chi connectivity index (χ4n) is 2.35. The van der Waals surface area contributed by atoms with E-state index >= 15 is 0 Å². The van der Waals surface area contributed by atoms with Gasteiger partial charge in [-0.25, -0.2) is 0 Å². The number of carbonyl (C=O) groups excluding carboxylic acids is 1. The molecule has 1 atom stereocenters. The molecule has 0 aliphatic rings. The van der Waals surface area contributed by atoms with Gasteiger partial charge in [0.1, 0.15) is 0 Å². The van der Waals surface area contributed by atoms with E-state index in [1.807, 2.05) is 39.0 Å². The van der Waals surface area contributed by atoms with E-state index in [0.29, 0.717) is 11.4 Å². The summed E-state index contributed by atoms with van der Waals surface area (Å²) in [5.41, 5.74) is 3.29. The van der Waals surface area contributed by atoms with Crippen molar-refractivity contribution in [2.75, 3.05) is 0 Å². The Labute approximate surface area is 127 Å². The molecule has 0 saturated carbocycles. The number of nitrogens with zero attached hydrogens (tertiary/aromatic N) is 4. The number of aryl methyl sites for hydroxylation is 2. The zero-order chi connectivity index (χ0) is 15.7. The number of nitrogens with one attached hydrogen (secondary N) is 2. The van der Waals surface area contributed by atoms with Crippen molar-refractivity contribution in [1.29, 1.82) is 0 Å². The van der Waals surface area contributed by atoms with Gasteiger partial charge in [-0.2, -0.15) is 5.21 Å². The van der Waals surface area contributed by atoms with Gasteiger partial charge in [0.2, 0.25) is 0 Å². The van der Waals surface area contributed by atoms with Crippen LogP contribution in [0.1, 0.15) is 40.4 Å². The molecule has 7 nitrogen and oxygen atoms in total.